The van der Waals surface area contributed by atoms with E-state index >= 15 is 0 Å². The van der Waals surface area contributed by atoms with Gasteiger partial charge in [-0.05, 0) is 266 Å². The molecule has 0 saturated carbocycles. The molecule has 12 aromatic rings. The number of likely N-dealkylation sites (tertiary alicyclic amines) is 4. The monoisotopic (exact) mass is 2020 g/mol. The zero-order valence-electron chi connectivity index (χ0n) is 85.9. The Kier molecular flexibility index (Phi) is 45.0. The second-order valence-electron chi connectivity index (χ2n) is 38.2. The van der Waals surface area contributed by atoms with Crippen molar-refractivity contribution in [2.75, 3.05) is 134 Å². The van der Waals surface area contributed by atoms with Crippen molar-refractivity contribution >= 4 is 24.1 Å². The van der Waals surface area contributed by atoms with Crippen molar-refractivity contribution in [2.45, 2.75) is 143 Å². The summed E-state index contributed by atoms with van der Waals surface area (Å²) < 4.78 is 49.0. The number of hydrogen-bond donors (Lipinski definition) is 4. The number of amides is 2. The highest BCUT2D eigenvalue weighted by molar-refractivity contribution is 5.91. The quantitative estimate of drug-likeness (QED) is 0.0383. The topological polar surface area (TPSA) is 456 Å². The summed E-state index contributed by atoms with van der Waals surface area (Å²) in [5, 5.41) is 55.9. The van der Waals surface area contributed by atoms with Crippen LogP contribution in [0.25, 0.3) is 68.1 Å². The van der Waals surface area contributed by atoms with E-state index in [-0.39, 0.29) is 42.3 Å². The van der Waals surface area contributed by atoms with Crippen LogP contribution in [0.15, 0.2) is 229 Å². The van der Waals surface area contributed by atoms with E-state index in [2.05, 4.69) is 89.9 Å². The molecule has 2 amide bonds. The van der Waals surface area contributed by atoms with Gasteiger partial charge < -0.3 is 77.6 Å². The number of aromatic amines is 1. The number of nitrogens with one attached hydrogen (secondary N) is 1. The van der Waals surface area contributed by atoms with Crippen molar-refractivity contribution in [3.05, 3.63) is 274 Å². The number of carbonyl (C=O) groups excluding carboxylic acids is 4. The van der Waals surface area contributed by atoms with Gasteiger partial charge >= 0.3 is 24.1 Å². The third-order valence-electron chi connectivity index (χ3n) is 24.2. The van der Waals surface area contributed by atoms with Crippen LogP contribution in [0.1, 0.15) is 162 Å². The van der Waals surface area contributed by atoms with Gasteiger partial charge in [-0.2, -0.15) is 20.7 Å². The van der Waals surface area contributed by atoms with Crippen LogP contribution >= 0.6 is 0 Å². The first-order valence-corrected chi connectivity index (χ1v) is 49.8. The van der Waals surface area contributed by atoms with E-state index < -0.39 is 23.1 Å². The van der Waals surface area contributed by atoms with Gasteiger partial charge in [-0.25, -0.2) is 68.8 Å². The summed E-state index contributed by atoms with van der Waals surface area (Å²) in [5.41, 5.74) is 8.44. The third kappa shape index (κ3) is 38.7. The molecule has 0 radical (unpaired) electrons. The molecule has 0 aliphatic carbocycles. The lowest BCUT2D eigenvalue weighted by Crippen LogP contribution is -2.42. The van der Waals surface area contributed by atoms with Crippen molar-refractivity contribution in [3.63, 3.8) is 0 Å². The maximum atomic E-state index is 12.5. The number of carbonyl (C=O) groups is 4. The standard InChI is InChI=1S/C29H28N6O2.C23H29N3O5.C18H23N3O2.C12H10N2O3.C11H7N3O.C11H21NO3.2C4H8O/c1-34-12-10-21(11-13-34)20-37-26-17-31-29(32-18-26)25-7-3-5-23(15-25)19-35-28(36)9-8-27(33-35)24-6-2-4-22(14-24)16-30;1-23(2,3)31-22(28)26-10-8-16(9-11-26)15-30-19-13-24-20(25-14-19)17-6-5-7-18(12-17)21(27)29-4;1-21-7-5-14(6-8-21)13-23-17-10-19-18(20-11-17)16-4-2-3-15(9-16)12-22;1-17-12(16)9-4-2-3-8(5-9)11-13-6-10(15)7-14-11;12-7-8-2-1-3-9(6-8)10-4-5-11(15)14-13-10;1-11(2,3)15-10(14)12-6-4-9(8-13)5-7-12;2*1-2-4-5-3-1/h2-9,14-15,17-18,21H,10-13,19-20H2,1H3;5-7,12-14,16H,8-11,15H2,1-4H3;2-4,9-11,14,22H,5-8,12-13H2,1H3;2-7,15H,1H3;1-6H,(H,14,15);9,13H,4-8H2,1-3H3;2*1-4H2. The molecule has 780 valence electrons. The van der Waals surface area contributed by atoms with Gasteiger partial charge in [0.1, 0.15) is 11.2 Å². The first-order chi connectivity index (χ1) is 71.5. The van der Waals surface area contributed by atoms with Crippen molar-refractivity contribution < 1.29 is 77.1 Å². The summed E-state index contributed by atoms with van der Waals surface area (Å²) in [6.45, 7) is 24.9. The summed E-state index contributed by atoms with van der Waals surface area (Å²) in [7, 11) is 6.99. The van der Waals surface area contributed by atoms with Gasteiger partial charge in [0.05, 0.1) is 143 Å². The highest BCUT2D eigenvalue weighted by Gasteiger charge is 2.30. The number of aliphatic hydroxyl groups excluding tert-OH is 2. The van der Waals surface area contributed by atoms with Crippen LogP contribution in [0, 0.1) is 46.3 Å². The molecule has 6 saturated heterocycles. The molecule has 6 fully saturated rings. The second-order valence-corrected chi connectivity index (χ2v) is 38.2. The normalized spacial score (nSPS) is 14.9. The first kappa shape index (κ1) is 113. The molecule has 12 heterocycles. The lowest BCUT2D eigenvalue weighted by atomic mass is 9.98. The summed E-state index contributed by atoms with van der Waals surface area (Å²) in [6.07, 6.45) is 25.5. The van der Waals surface area contributed by atoms with Crippen molar-refractivity contribution in [3.8, 4) is 103 Å². The maximum absolute atomic E-state index is 12.5. The number of aliphatic hydroxyl groups is 2. The van der Waals surface area contributed by atoms with Crippen LogP contribution < -0.4 is 25.3 Å². The average Bonchev–Trinajstić information content (AvgIpc) is 0.971. The molecular weight excluding hydrogens is 1890 g/mol. The number of nitrogens with zero attached hydrogens (tertiary/aromatic N) is 17. The van der Waals surface area contributed by atoms with Crippen LogP contribution in [0.2, 0.25) is 0 Å². The molecule has 4 N–H and O–H groups in total. The number of ether oxygens (including phenoxy) is 9. The zero-order chi connectivity index (χ0) is 106. The number of hydrogen-bond acceptors (Lipinski definition) is 32. The van der Waals surface area contributed by atoms with E-state index in [1.54, 1.807) is 138 Å². The fraction of sp³-hybridized carbons (Fsp3) is 0.411. The van der Waals surface area contributed by atoms with Gasteiger partial charge in [-0.15, -0.1) is 0 Å². The molecule has 6 aliphatic rings. The van der Waals surface area contributed by atoms with Gasteiger partial charge in [0.2, 0.25) is 0 Å². The number of nitriles is 2. The molecule has 6 aromatic carbocycles. The molecule has 0 atom stereocenters. The molecule has 0 unspecified atom stereocenters. The highest BCUT2D eigenvalue weighted by atomic mass is 16.6. The van der Waals surface area contributed by atoms with Crippen LogP contribution in [-0.2, 0) is 41.6 Å². The van der Waals surface area contributed by atoms with Gasteiger partial charge in [-0.3, -0.25) is 9.59 Å². The highest BCUT2D eigenvalue weighted by Crippen LogP contribution is 2.30. The van der Waals surface area contributed by atoms with Crippen LogP contribution in [0.5, 0.6) is 23.0 Å². The largest absolute Gasteiger partial charge is 0.505 e. The Morgan fingerprint density at radius 1 is 0.426 bits per heavy atom. The Labute approximate surface area is 863 Å². The van der Waals surface area contributed by atoms with Crippen molar-refractivity contribution in [1.29, 1.82) is 10.5 Å². The van der Waals surface area contributed by atoms with E-state index in [0.29, 0.717) is 149 Å². The smallest absolute Gasteiger partial charge is 0.410 e. The zero-order valence-corrected chi connectivity index (χ0v) is 85.9. The van der Waals surface area contributed by atoms with Crippen LogP contribution in [-0.4, -0.2) is 264 Å². The molecule has 6 aliphatic heterocycles. The second kappa shape index (κ2) is 58.8. The lowest BCUT2D eigenvalue weighted by molar-refractivity contribution is 0.0152. The minimum absolute atomic E-state index is 0.00197. The Morgan fingerprint density at radius 3 is 1.14 bits per heavy atom. The SMILES string of the molecule is C1CCOC1.C1CCOC1.CC(C)(C)OC(=O)N1CCC(CO)CC1.CN1CCC(COc2cnc(-c3cccc(CO)c3)nc2)CC1.CN1CCC(COc2cnc(-c3cccc(Cn4nc(-c5cccc(C#N)c5)ccc4=O)c3)nc2)CC1.COC(=O)c1cccc(-c2ncc(O)cn2)c1.COC(=O)c1cccc(-c2ncc(OCC3CCN(C(=O)OC(C)(C)C)CC3)cn2)c1.N#Cc1cccc(-c2ccc(=O)[nH]n2)c1. The molecule has 6 aromatic heterocycles. The van der Waals surface area contributed by atoms with Gasteiger partial charge in [-0.1, -0.05) is 84.9 Å². The average molecular weight is 2020 g/mol. The summed E-state index contributed by atoms with van der Waals surface area (Å²) in [6, 6.07) is 53.7. The molecule has 18 rings (SSSR count). The number of esters is 2. The number of benzene rings is 6. The number of rotatable bonds is 21. The number of methoxy groups -OCH3 is 2. The summed E-state index contributed by atoms with van der Waals surface area (Å²) >= 11 is 0. The van der Waals surface area contributed by atoms with Gasteiger partial charge in [0, 0.05) is 105 Å². The van der Waals surface area contributed by atoms with Gasteiger partial charge in [0.25, 0.3) is 11.1 Å². The Bertz CT molecular complexity index is 6310. The number of piperidine rings is 4. The molecule has 0 spiro atoms. The van der Waals surface area contributed by atoms with E-state index in [9.17, 15) is 39.1 Å². The van der Waals surface area contributed by atoms with Crippen molar-refractivity contribution in [2.24, 2.45) is 23.7 Å². The number of aromatic hydroxyl groups is 1. The van der Waals surface area contributed by atoms with Crippen molar-refractivity contribution in [1.82, 2.24) is 79.4 Å². The predicted molar refractivity (Wildman–Crippen MR) is 558 cm³/mol. The van der Waals surface area contributed by atoms with E-state index in [4.69, 9.17) is 53.4 Å². The van der Waals surface area contributed by atoms with E-state index in [1.165, 1.54) is 82.0 Å². The molecule has 36 nitrogen and oxygen atoms in total. The van der Waals surface area contributed by atoms with Gasteiger partial charge in [0.15, 0.2) is 46.3 Å². The minimum Gasteiger partial charge on any atom is -0.505 e. The third-order valence-corrected chi connectivity index (χ3v) is 24.2. The predicted octanol–water partition coefficient (Wildman–Crippen LogP) is 16.5. The number of H-pyrrole nitrogens is 1. The Morgan fingerprint density at radius 2 is 0.777 bits per heavy atom. The minimum atomic E-state index is -0.482. The molecule has 36 heteroatoms. The summed E-state index contributed by atoms with van der Waals surface area (Å²) in [5.74, 6) is 5.23. The Balaban J connectivity index is 0.000000170. The summed E-state index contributed by atoms with van der Waals surface area (Å²) in [4.78, 5) is 113. The fourth-order valence-corrected chi connectivity index (χ4v) is 15.8. The molecular formula is C112H134N18O18. The van der Waals surface area contributed by atoms with Crippen LogP contribution in [0.4, 0.5) is 9.59 Å². The maximum Gasteiger partial charge on any atom is 0.410 e. The Hall–Kier alpha value is -15.2. The molecule has 0 bridgehead atoms. The fourth-order valence-electron chi connectivity index (χ4n) is 15.8. The number of aromatic nitrogens is 12. The van der Waals surface area contributed by atoms with E-state index in [1.807, 2.05) is 114 Å². The lowest BCUT2D eigenvalue weighted by Gasteiger charge is -2.33. The molecule has 148 heavy (non-hydrogen) atoms. The van der Waals surface area contributed by atoms with E-state index in [0.717, 1.165) is 137 Å². The first-order valence-electron chi connectivity index (χ1n) is 49.8. The van der Waals surface area contributed by atoms with Crippen LogP contribution in [0.3, 0.4) is 0 Å².